The van der Waals surface area contributed by atoms with Crippen LogP contribution in [-0.2, 0) is 16.4 Å². The molecular weight excluding hydrogens is 293 g/mol. The van der Waals surface area contributed by atoms with Crippen molar-refractivity contribution in [3.05, 3.63) is 53.6 Å². The van der Waals surface area contributed by atoms with Crippen LogP contribution in [0.1, 0.15) is 11.3 Å². The van der Waals surface area contributed by atoms with Gasteiger partial charge in [-0.2, -0.15) is 0 Å². The van der Waals surface area contributed by atoms with Gasteiger partial charge in [-0.05, 0) is 24.3 Å². The standard InChI is InChI=1S/C14H12FN3O2S/c1-21(19,20)12-7-10(4-5-11(12)15)18-14-13-9(8-17-14)3-2-6-16-13/h2-7H,8H2,1H3,(H,17,18). The van der Waals surface area contributed by atoms with Gasteiger partial charge in [0.05, 0.1) is 6.54 Å². The van der Waals surface area contributed by atoms with Crippen molar-refractivity contribution in [3.63, 3.8) is 0 Å². The Bertz CT molecular complexity index is 847. The highest BCUT2D eigenvalue weighted by molar-refractivity contribution is 7.90. The number of aromatic nitrogens is 1. The maximum absolute atomic E-state index is 13.6. The highest BCUT2D eigenvalue weighted by atomic mass is 32.2. The van der Waals surface area contributed by atoms with Crippen LogP contribution in [0.5, 0.6) is 0 Å². The van der Waals surface area contributed by atoms with Crippen molar-refractivity contribution in [3.8, 4) is 0 Å². The average Bonchev–Trinajstić information content (AvgIpc) is 2.83. The first-order chi connectivity index (χ1) is 9.95. The highest BCUT2D eigenvalue weighted by Crippen LogP contribution is 2.22. The van der Waals surface area contributed by atoms with E-state index in [-0.39, 0.29) is 4.90 Å². The first-order valence-electron chi connectivity index (χ1n) is 6.20. The number of rotatable bonds is 2. The van der Waals surface area contributed by atoms with Crippen LogP contribution in [0.4, 0.5) is 10.1 Å². The molecule has 3 rings (SSSR count). The number of halogens is 1. The maximum atomic E-state index is 13.6. The summed E-state index contributed by atoms with van der Waals surface area (Å²) in [6, 6.07) is 7.60. The maximum Gasteiger partial charge on any atom is 0.178 e. The Morgan fingerprint density at radius 3 is 2.86 bits per heavy atom. The molecule has 7 heteroatoms. The first kappa shape index (κ1) is 13.7. The summed E-state index contributed by atoms with van der Waals surface area (Å²) in [4.78, 5) is 8.21. The lowest BCUT2D eigenvalue weighted by Crippen LogP contribution is -2.14. The van der Waals surface area contributed by atoms with Crippen molar-refractivity contribution < 1.29 is 12.8 Å². The number of amidine groups is 1. The van der Waals surface area contributed by atoms with E-state index in [2.05, 4.69) is 15.3 Å². The number of aliphatic imine (C=N–C) groups is 1. The van der Waals surface area contributed by atoms with E-state index in [1.54, 1.807) is 6.20 Å². The number of pyridine rings is 1. The van der Waals surface area contributed by atoms with Gasteiger partial charge >= 0.3 is 0 Å². The number of anilines is 1. The van der Waals surface area contributed by atoms with Crippen LogP contribution < -0.4 is 5.32 Å². The molecule has 0 unspecified atom stereocenters. The molecule has 0 fully saturated rings. The Morgan fingerprint density at radius 1 is 1.29 bits per heavy atom. The van der Waals surface area contributed by atoms with Crippen LogP contribution in [0.25, 0.3) is 0 Å². The summed E-state index contributed by atoms with van der Waals surface area (Å²) in [6.45, 7) is 0.519. The predicted molar refractivity (Wildman–Crippen MR) is 77.6 cm³/mol. The fourth-order valence-electron chi connectivity index (χ4n) is 2.12. The number of hydrogen-bond acceptors (Lipinski definition) is 5. The quantitative estimate of drug-likeness (QED) is 0.921. The molecule has 21 heavy (non-hydrogen) atoms. The lowest BCUT2D eigenvalue weighted by atomic mass is 10.2. The second-order valence-corrected chi connectivity index (χ2v) is 6.70. The minimum absolute atomic E-state index is 0.340. The molecule has 0 spiro atoms. The molecule has 0 bridgehead atoms. The van der Waals surface area contributed by atoms with E-state index in [0.717, 1.165) is 23.6 Å². The highest BCUT2D eigenvalue weighted by Gasteiger charge is 2.19. The molecule has 1 aliphatic heterocycles. The molecule has 5 nitrogen and oxygen atoms in total. The predicted octanol–water partition coefficient (Wildman–Crippen LogP) is 2.00. The summed E-state index contributed by atoms with van der Waals surface area (Å²) in [5.74, 6) is -0.216. The van der Waals surface area contributed by atoms with Gasteiger partial charge in [-0.3, -0.25) is 9.98 Å². The third kappa shape index (κ3) is 2.64. The van der Waals surface area contributed by atoms with Crippen LogP contribution in [-0.4, -0.2) is 25.5 Å². The number of hydrogen-bond donors (Lipinski definition) is 1. The van der Waals surface area contributed by atoms with Crippen LogP contribution in [0.3, 0.4) is 0 Å². The van der Waals surface area contributed by atoms with Gasteiger partial charge in [0.25, 0.3) is 0 Å². The zero-order valence-corrected chi connectivity index (χ0v) is 12.0. The average molecular weight is 305 g/mol. The Kier molecular flexibility index (Phi) is 3.21. The van der Waals surface area contributed by atoms with Crippen molar-refractivity contribution in [1.29, 1.82) is 0 Å². The monoisotopic (exact) mass is 305 g/mol. The zero-order chi connectivity index (χ0) is 15.0. The Hall–Kier alpha value is -2.28. The molecule has 1 aromatic heterocycles. The van der Waals surface area contributed by atoms with E-state index in [9.17, 15) is 12.8 Å². The molecule has 1 aliphatic rings. The molecule has 0 saturated heterocycles. The first-order valence-corrected chi connectivity index (χ1v) is 8.09. The van der Waals surface area contributed by atoms with E-state index >= 15 is 0 Å². The Morgan fingerprint density at radius 2 is 2.10 bits per heavy atom. The van der Waals surface area contributed by atoms with Gasteiger partial charge in [0.15, 0.2) is 15.7 Å². The van der Waals surface area contributed by atoms with Gasteiger partial charge in [0.2, 0.25) is 0 Å². The number of fused-ring (bicyclic) bond motifs is 1. The number of benzene rings is 1. The van der Waals surface area contributed by atoms with Crippen molar-refractivity contribution in [2.24, 2.45) is 4.99 Å². The largest absolute Gasteiger partial charge is 0.339 e. The van der Waals surface area contributed by atoms with Crippen LogP contribution in [0.2, 0.25) is 0 Å². The summed E-state index contributed by atoms with van der Waals surface area (Å²) < 4.78 is 36.6. The van der Waals surface area contributed by atoms with Gasteiger partial charge in [-0.25, -0.2) is 12.8 Å². The Balaban J connectivity index is 1.94. The zero-order valence-electron chi connectivity index (χ0n) is 11.2. The normalized spacial score (nSPS) is 13.7. The summed E-state index contributed by atoms with van der Waals surface area (Å²) in [5.41, 5.74) is 2.17. The second-order valence-electron chi connectivity index (χ2n) is 4.72. The van der Waals surface area contributed by atoms with E-state index < -0.39 is 15.7 Å². The second kappa shape index (κ2) is 4.92. The molecule has 0 saturated carbocycles. The summed E-state index contributed by atoms with van der Waals surface area (Å²) in [5, 5.41) is 2.99. The van der Waals surface area contributed by atoms with Gasteiger partial charge in [-0.15, -0.1) is 0 Å². The van der Waals surface area contributed by atoms with Gasteiger partial charge < -0.3 is 5.32 Å². The molecular formula is C14H12FN3O2S. The molecule has 1 N–H and O–H groups in total. The fourth-order valence-corrected chi connectivity index (χ4v) is 2.88. The fraction of sp³-hybridized carbons (Fsp3) is 0.143. The van der Waals surface area contributed by atoms with E-state index in [4.69, 9.17) is 0 Å². The number of sulfone groups is 1. The van der Waals surface area contributed by atoms with Crippen LogP contribution >= 0.6 is 0 Å². The molecule has 0 aliphatic carbocycles. The van der Waals surface area contributed by atoms with E-state index in [1.807, 2.05) is 12.1 Å². The van der Waals surface area contributed by atoms with Gasteiger partial charge in [-0.1, -0.05) is 6.07 Å². The van der Waals surface area contributed by atoms with Gasteiger partial charge in [0.1, 0.15) is 16.4 Å². The lowest BCUT2D eigenvalue weighted by Gasteiger charge is -2.09. The molecule has 1 aromatic carbocycles. The minimum Gasteiger partial charge on any atom is -0.339 e. The third-order valence-corrected chi connectivity index (χ3v) is 4.23. The number of nitrogens with zero attached hydrogens (tertiary/aromatic N) is 2. The SMILES string of the molecule is CS(=O)(=O)c1cc(NC2=NCc3cccnc32)ccc1F. The van der Waals surface area contributed by atoms with Crippen molar-refractivity contribution in [2.75, 3.05) is 11.6 Å². The minimum atomic E-state index is -3.62. The third-order valence-electron chi connectivity index (χ3n) is 3.12. The topological polar surface area (TPSA) is 71.4 Å². The smallest absolute Gasteiger partial charge is 0.178 e. The summed E-state index contributed by atoms with van der Waals surface area (Å²) in [7, 11) is -3.62. The van der Waals surface area contributed by atoms with Crippen LogP contribution in [0, 0.1) is 5.82 Å². The van der Waals surface area contributed by atoms with E-state index in [0.29, 0.717) is 18.1 Å². The number of nitrogens with one attached hydrogen (secondary N) is 1. The van der Waals surface area contributed by atoms with Gasteiger partial charge in [0, 0.05) is 23.7 Å². The van der Waals surface area contributed by atoms with Crippen molar-refractivity contribution in [2.45, 2.75) is 11.4 Å². The van der Waals surface area contributed by atoms with E-state index in [1.165, 1.54) is 12.1 Å². The molecule has 0 amide bonds. The van der Waals surface area contributed by atoms with Crippen molar-refractivity contribution >= 4 is 21.4 Å². The van der Waals surface area contributed by atoms with Crippen molar-refractivity contribution in [1.82, 2.24) is 4.98 Å². The molecule has 0 radical (unpaired) electrons. The van der Waals surface area contributed by atoms with Crippen LogP contribution in [0.15, 0.2) is 46.4 Å². The molecule has 2 aromatic rings. The summed E-state index contributed by atoms with van der Waals surface area (Å²) in [6.07, 6.45) is 2.63. The molecule has 0 atom stereocenters. The Labute approximate surface area is 121 Å². The molecule has 108 valence electrons. The lowest BCUT2D eigenvalue weighted by molar-refractivity contribution is 0.571. The summed E-state index contributed by atoms with van der Waals surface area (Å²) >= 11 is 0. The molecule has 2 heterocycles.